The van der Waals surface area contributed by atoms with E-state index < -0.39 is 17.4 Å². The Morgan fingerprint density at radius 2 is 1.88 bits per heavy atom. The smallest absolute Gasteiger partial charge is 0.155 e. The Morgan fingerprint density at radius 3 is 2.31 bits per heavy atom. The minimum absolute atomic E-state index is 0.239. The van der Waals surface area contributed by atoms with Crippen LogP contribution in [0.15, 0.2) is 4.99 Å². The van der Waals surface area contributed by atoms with Gasteiger partial charge in [-0.1, -0.05) is 20.8 Å². The summed E-state index contributed by atoms with van der Waals surface area (Å²) in [6, 6.07) is 0. The molecular formula is C11H20NO4-. The number of carbonyl (C=O) groups excluding carboxylic acids is 1. The van der Waals surface area contributed by atoms with Gasteiger partial charge >= 0.3 is 0 Å². The summed E-state index contributed by atoms with van der Waals surface area (Å²) in [6.45, 7) is 8.81. The van der Waals surface area contributed by atoms with E-state index in [9.17, 15) is 9.90 Å². The van der Waals surface area contributed by atoms with Gasteiger partial charge < -0.3 is 19.4 Å². The second-order valence-corrected chi connectivity index (χ2v) is 4.84. The van der Waals surface area contributed by atoms with E-state index in [-0.39, 0.29) is 13.0 Å². The van der Waals surface area contributed by atoms with Crippen molar-refractivity contribution in [2.45, 2.75) is 52.4 Å². The average molecular weight is 230 g/mol. The van der Waals surface area contributed by atoms with Crippen molar-refractivity contribution in [2.24, 2.45) is 4.99 Å². The number of hydrogen-bond acceptors (Lipinski definition) is 5. The fourth-order valence-electron chi connectivity index (χ4n) is 0.894. The fourth-order valence-corrected chi connectivity index (χ4v) is 0.894. The maximum Gasteiger partial charge on any atom is 0.155 e. The molecule has 0 aromatic heterocycles. The lowest BCUT2D eigenvalue weighted by Crippen LogP contribution is -2.35. The summed E-state index contributed by atoms with van der Waals surface area (Å²) in [7, 11) is 0. The van der Waals surface area contributed by atoms with E-state index in [1.807, 2.05) is 0 Å². The molecule has 16 heavy (non-hydrogen) atoms. The first-order valence-electron chi connectivity index (χ1n) is 5.20. The molecule has 5 heteroatoms. The highest BCUT2D eigenvalue weighted by atomic mass is 16.6. The molecule has 0 unspecified atom stereocenters. The van der Waals surface area contributed by atoms with Gasteiger partial charge in [0.05, 0.1) is 6.61 Å². The first-order valence-corrected chi connectivity index (χ1v) is 5.20. The van der Waals surface area contributed by atoms with Crippen LogP contribution in [0, 0.1) is 0 Å². The highest BCUT2D eigenvalue weighted by Gasteiger charge is 2.16. The van der Waals surface area contributed by atoms with Gasteiger partial charge in [-0.25, -0.2) is 4.99 Å². The van der Waals surface area contributed by atoms with E-state index in [1.54, 1.807) is 34.6 Å². The topological polar surface area (TPSA) is 70.9 Å². The highest BCUT2D eigenvalue weighted by Crippen LogP contribution is 2.13. The van der Waals surface area contributed by atoms with Crippen LogP contribution >= 0.6 is 0 Å². The molecule has 0 aliphatic heterocycles. The van der Waals surface area contributed by atoms with Crippen LogP contribution in [0.3, 0.4) is 0 Å². The minimum atomic E-state index is -0.967. The molecule has 94 valence electrons. The Hall–Kier alpha value is -1.10. The zero-order valence-electron chi connectivity index (χ0n) is 10.6. The van der Waals surface area contributed by atoms with Gasteiger partial charge in [0.15, 0.2) is 5.72 Å². The zero-order valence-corrected chi connectivity index (χ0v) is 10.6. The van der Waals surface area contributed by atoms with Crippen molar-refractivity contribution in [1.82, 2.24) is 0 Å². The average Bonchev–Trinajstić information content (AvgIpc) is 1.98. The summed E-state index contributed by atoms with van der Waals surface area (Å²) < 4.78 is 10.3. The van der Waals surface area contributed by atoms with Crippen LogP contribution in [0.4, 0.5) is 0 Å². The van der Waals surface area contributed by atoms with Gasteiger partial charge in [-0.3, -0.25) is 0 Å². The predicted octanol–water partition coefficient (Wildman–Crippen LogP) is 0.859. The van der Waals surface area contributed by atoms with Crippen LogP contribution in [-0.2, 0) is 14.3 Å². The third kappa shape index (κ3) is 8.23. The summed E-state index contributed by atoms with van der Waals surface area (Å²) in [5.41, 5.74) is -1.54. The first kappa shape index (κ1) is 14.9. The molecule has 0 rings (SSSR count). The number of ether oxygens (including phenoxy) is 2. The van der Waals surface area contributed by atoms with Gasteiger partial charge in [0.25, 0.3) is 0 Å². The number of aldehydes is 1. The summed E-state index contributed by atoms with van der Waals surface area (Å²) in [5.74, 6) is 0. The van der Waals surface area contributed by atoms with Crippen LogP contribution in [-0.4, -0.2) is 30.3 Å². The van der Waals surface area contributed by atoms with Crippen molar-refractivity contribution < 1.29 is 19.4 Å². The zero-order chi connectivity index (χ0) is 12.8. The van der Waals surface area contributed by atoms with Crippen molar-refractivity contribution >= 4 is 12.4 Å². The largest absolute Gasteiger partial charge is 0.595 e. The van der Waals surface area contributed by atoms with E-state index in [2.05, 4.69) is 4.99 Å². The number of aliphatic imine (C=N–C) groups is 1. The maximum absolute atomic E-state index is 11.4. The Labute approximate surface area is 96.5 Å². The molecule has 0 radical (unpaired) electrons. The third-order valence-corrected chi connectivity index (χ3v) is 1.45. The van der Waals surface area contributed by atoms with Crippen molar-refractivity contribution in [3.8, 4) is 0 Å². The van der Waals surface area contributed by atoms with Gasteiger partial charge in [-0.15, -0.1) is 0 Å². The lowest BCUT2D eigenvalue weighted by atomic mass is 10.2. The lowest BCUT2D eigenvalue weighted by molar-refractivity contribution is -0.263. The van der Waals surface area contributed by atoms with Gasteiger partial charge in [0, 0.05) is 12.0 Å². The molecule has 0 spiro atoms. The highest BCUT2D eigenvalue weighted by molar-refractivity contribution is 5.62. The van der Waals surface area contributed by atoms with Gasteiger partial charge in [-0.05, 0) is 13.8 Å². The predicted molar refractivity (Wildman–Crippen MR) is 59.0 cm³/mol. The summed E-state index contributed by atoms with van der Waals surface area (Å²) in [5, 5.41) is 11.4. The first-order chi connectivity index (χ1) is 7.16. The van der Waals surface area contributed by atoms with Crippen molar-refractivity contribution in [2.75, 3.05) is 6.61 Å². The molecule has 0 aromatic carbocycles. The normalized spacial score (nSPS) is 13.7. The van der Waals surface area contributed by atoms with Crippen molar-refractivity contribution in [3.63, 3.8) is 0 Å². The summed E-state index contributed by atoms with van der Waals surface area (Å²) >= 11 is 0. The summed E-state index contributed by atoms with van der Waals surface area (Å²) in [4.78, 5) is 13.9. The molecule has 0 atom stereocenters. The molecule has 0 amide bonds. The molecule has 0 aliphatic carbocycles. The Morgan fingerprint density at radius 1 is 1.31 bits per heavy atom. The number of rotatable bonds is 5. The molecule has 0 saturated carbocycles. The molecular weight excluding hydrogens is 210 g/mol. The molecule has 0 saturated heterocycles. The van der Waals surface area contributed by atoms with E-state index >= 15 is 0 Å². The number of carbonyl (C=O) groups is 1. The SMILES string of the molecule is CC(C)(C)O/C([O-])=N\C(C)(C)OCCC=O. The molecule has 0 aliphatic rings. The Bertz CT molecular complexity index is 253. The van der Waals surface area contributed by atoms with Crippen LogP contribution in [0.25, 0.3) is 0 Å². The van der Waals surface area contributed by atoms with Crippen LogP contribution in [0.2, 0.25) is 0 Å². The molecule has 0 N–H and O–H groups in total. The molecule has 0 bridgehead atoms. The fraction of sp³-hybridized carbons (Fsp3) is 0.818. The van der Waals surface area contributed by atoms with Crippen LogP contribution < -0.4 is 5.11 Å². The minimum Gasteiger partial charge on any atom is -0.595 e. The Balaban J connectivity index is 4.30. The van der Waals surface area contributed by atoms with Gasteiger partial charge in [0.1, 0.15) is 12.4 Å². The van der Waals surface area contributed by atoms with Gasteiger partial charge in [-0.2, -0.15) is 0 Å². The second kappa shape index (κ2) is 5.84. The second-order valence-electron chi connectivity index (χ2n) is 4.84. The maximum atomic E-state index is 11.4. The molecule has 0 fully saturated rings. The monoisotopic (exact) mass is 230 g/mol. The van der Waals surface area contributed by atoms with E-state index in [4.69, 9.17) is 9.47 Å². The standard InChI is InChI=1S/C11H21NO4/c1-10(2,3)16-9(14)12-11(4,5)15-8-6-7-13/h7H,6,8H2,1-5H3,(H,12,14)/p-1. The van der Waals surface area contributed by atoms with E-state index in [1.165, 1.54) is 0 Å². The van der Waals surface area contributed by atoms with E-state index in [0.717, 1.165) is 6.29 Å². The quantitative estimate of drug-likeness (QED) is 0.304. The van der Waals surface area contributed by atoms with E-state index in [0.29, 0.717) is 0 Å². The van der Waals surface area contributed by atoms with Gasteiger partial charge in [0.2, 0.25) is 0 Å². The van der Waals surface area contributed by atoms with Crippen LogP contribution in [0.1, 0.15) is 41.0 Å². The molecule has 5 nitrogen and oxygen atoms in total. The summed E-state index contributed by atoms with van der Waals surface area (Å²) in [6.07, 6.45) is 0.375. The molecule has 0 heterocycles. The Kier molecular flexibility index (Phi) is 5.44. The number of nitrogens with zero attached hydrogens (tertiary/aromatic N) is 1. The van der Waals surface area contributed by atoms with Crippen LogP contribution in [0.5, 0.6) is 0 Å². The molecule has 0 aromatic rings. The third-order valence-electron chi connectivity index (χ3n) is 1.45. The number of hydrogen-bond donors (Lipinski definition) is 0. The van der Waals surface area contributed by atoms with Crippen molar-refractivity contribution in [1.29, 1.82) is 0 Å². The van der Waals surface area contributed by atoms with Crippen molar-refractivity contribution in [3.05, 3.63) is 0 Å². The lowest BCUT2D eigenvalue weighted by Gasteiger charge is -2.31.